The molecule has 0 spiro atoms. The third-order valence-electron chi connectivity index (χ3n) is 2.77. The average Bonchev–Trinajstić information content (AvgIpc) is 2.43. The van der Waals surface area contributed by atoms with Gasteiger partial charge in [-0.2, -0.15) is 0 Å². The first-order valence-electron chi connectivity index (χ1n) is 6.20. The number of amides is 1. The first-order chi connectivity index (χ1) is 9.95. The highest BCUT2D eigenvalue weighted by atomic mass is 79.9. The lowest BCUT2D eigenvalue weighted by Crippen LogP contribution is -2.21. The molecule has 0 saturated heterocycles. The summed E-state index contributed by atoms with van der Waals surface area (Å²) < 4.78 is 0.852. The fourth-order valence-electron chi connectivity index (χ4n) is 1.70. The monoisotopic (exact) mass is 386 g/mol. The summed E-state index contributed by atoms with van der Waals surface area (Å²) in [7, 11) is 0. The average molecular weight is 388 g/mol. The van der Waals surface area contributed by atoms with Gasteiger partial charge in [0.05, 0.1) is 22.3 Å². The first kappa shape index (κ1) is 16.1. The van der Waals surface area contributed by atoms with Gasteiger partial charge in [-0.25, -0.2) is 0 Å². The van der Waals surface area contributed by atoms with Gasteiger partial charge in [-0.15, -0.1) is 0 Å². The molecule has 0 aliphatic rings. The van der Waals surface area contributed by atoms with E-state index in [9.17, 15) is 4.79 Å². The molecule has 2 aromatic carbocycles. The van der Waals surface area contributed by atoms with Crippen LogP contribution in [-0.4, -0.2) is 12.5 Å². The second-order valence-corrected chi connectivity index (χ2v) is 6.18. The lowest BCUT2D eigenvalue weighted by molar-refractivity contribution is -0.114. The van der Waals surface area contributed by atoms with Crippen molar-refractivity contribution in [2.24, 2.45) is 0 Å². The number of carbonyl (C=O) groups excluding carboxylic acids is 1. The van der Waals surface area contributed by atoms with Gasteiger partial charge >= 0.3 is 0 Å². The van der Waals surface area contributed by atoms with Gasteiger partial charge in [0.25, 0.3) is 0 Å². The summed E-state index contributed by atoms with van der Waals surface area (Å²) in [6, 6.07) is 10.9. The van der Waals surface area contributed by atoms with Crippen molar-refractivity contribution in [3.8, 4) is 0 Å². The van der Waals surface area contributed by atoms with E-state index in [1.165, 1.54) is 0 Å². The van der Waals surface area contributed by atoms with Gasteiger partial charge in [-0.3, -0.25) is 4.79 Å². The van der Waals surface area contributed by atoms with Crippen LogP contribution in [-0.2, 0) is 4.79 Å². The predicted molar refractivity (Wildman–Crippen MR) is 92.5 cm³/mol. The van der Waals surface area contributed by atoms with Crippen molar-refractivity contribution in [2.45, 2.75) is 6.92 Å². The lowest BCUT2D eigenvalue weighted by atomic mass is 10.2. The van der Waals surface area contributed by atoms with Gasteiger partial charge in [-0.1, -0.05) is 29.3 Å². The molecule has 0 heterocycles. The van der Waals surface area contributed by atoms with E-state index in [1.807, 2.05) is 25.1 Å². The Hall–Kier alpha value is -1.23. The molecule has 3 nitrogen and oxygen atoms in total. The van der Waals surface area contributed by atoms with Crippen molar-refractivity contribution in [1.29, 1.82) is 0 Å². The highest BCUT2D eigenvalue weighted by Gasteiger charge is 2.06. The standard InChI is InChI=1S/C15H13BrCl2N2O/c1-9-2-5-14(11(16)6-9)20-15(21)8-19-10-3-4-12(17)13(18)7-10/h2-7,19H,8H2,1H3,(H,20,21). The maximum Gasteiger partial charge on any atom is 0.243 e. The van der Waals surface area contributed by atoms with Crippen LogP contribution in [0.2, 0.25) is 10.0 Å². The minimum Gasteiger partial charge on any atom is -0.376 e. The number of benzene rings is 2. The van der Waals surface area contributed by atoms with Crippen molar-refractivity contribution >= 4 is 56.4 Å². The quantitative estimate of drug-likeness (QED) is 0.764. The minimum absolute atomic E-state index is 0.137. The summed E-state index contributed by atoms with van der Waals surface area (Å²) in [5, 5.41) is 6.75. The van der Waals surface area contributed by atoms with Crippen LogP contribution < -0.4 is 10.6 Å². The van der Waals surface area contributed by atoms with Crippen LogP contribution in [0.15, 0.2) is 40.9 Å². The van der Waals surface area contributed by atoms with Crippen LogP contribution in [0.5, 0.6) is 0 Å². The molecule has 0 fully saturated rings. The zero-order chi connectivity index (χ0) is 15.4. The van der Waals surface area contributed by atoms with E-state index in [4.69, 9.17) is 23.2 Å². The molecule has 0 aromatic heterocycles. The van der Waals surface area contributed by atoms with Crippen molar-refractivity contribution in [1.82, 2.24) is 0 Å². The van der Waals surface area contributed by atoms with E-state index < -0.39 is 0 Å². The van der Waals surface area contributed by atoms with Crippen molar-refractivity contribution in [2.75, 3.05) is 17.2 Å². The molecule has 2 aromatic rings. The molecular weight excluding hydrogens is 375 g/mol. The Bertz CT molecular complexity index is 677. The number of halogens is 3. The van der Waals surface area contributed by atoms with Crippen molar-refractivity contribution in [3.05, 3.63) is 56.5 Å². The summed E-state index contributed by atoms with van der Waals surface area (Å²) in [6.45, 7) is 2.13. The Balaban J connectivity index is 1.94. The van der Waals surface area contributed by atoms with E-state index in [0.717, 1.165) is 21.4 Å². The van der Waals surface area contributed by atoms with Gasteiger partial charge in [0, 0.05) is 10.2 Å². The van der Waals surface area contributed by atoms with Gasteiger partial charge in [0.1, 0.15) is 0 Å². The molecule has 0 aliphatic heterocycles. The van der Waals surface area contributed by atoms with Crippen molar-refractivity contribution in [3.63, 3.8) is 0 Å². The number of rotatable bonds is 4. The predicted octanol–water partition coefficient (Wildman–Crippen LogP) is 5.11. The number of carbonyl (C=O) groups is 1. The highest BCUT2D eigenvalue weighted by Crippen LogP contribution is 2.25. The molecule has 1 amide bonds. The Morgan fingerprint density at radius 1 is 1.14 bits per heavy atom. The second-order valence-electron chi connectivity index (χ2n) is 4.51. The molecule has 0 atom stereocenters. The molecule has 110 valence electrons. The fourth-order valence-corrected chi connectivity index (χ4v) is 2.59. The smallest absolute Gasteiger partial charge is 0.243 e. The maximum absolute atomic E-state index is 11.9. The first-order valence-corrected chi connectivity index (χ1v) is 7.75. The Morgan fingerprint density at radius 2 is 1.90 bits per heavy atom. The van der Waals surface area contributed by atoms with E-state index in [0.29, 0.717) is 10.0 Å². The summed E-state index contributed by atoms with van der Waals surface area (Å²) in [6.07, 6.45) is 0. The Morgan fingerprint density at radius 3 is 2.57 bits per heavy atom. The molecule has 21 heavy (non-hydrogen) atoms. The molecule has 0 radical (unpaired) electrons. The Labute approximate surface area is 141 Å². The molecule has 0 saturated carbocycles. The summed E-state index contributed by atoms with van der Waals surface area (Å²) in [4.78, 5) is 11.9. The molecule has 2 N–H and O–H groups in total. The highest BCUT2D eigenvalue weighted by molar-refractivity contribution is 9.10. The number of hydrogen-bond donors (Lipinski definition) is 2. The van der Waals surface area contributed by atoms with Crippen LogP contribution >= 0.6 is 39.1 Å². The topological polar surface area (TPSA) is 41.1 Å². The molecule has 0 unspecified atom stereocenters. The summed E-state index contributed by atoms with van der Waals surface area (Å²) >= 11 is 15.2. The minimum atomic E-state index is -0.148. The third kappa shape index (κ3) is 4.63. The SMILES string of the molecule is Cc1ccc(NC(=O)CNc2ccc(Cl)c(Cl)c2)c(Br)c1. The van der Waals surface area contributed by atoms with E-state index in [1.54, 1.807) is 18.2 Å². The van der Waals surface area contributed by atoms with E-state index in [2.05, 4.69) is 26.6 Å². The molecular formula is C15H13BrCl2N2O. The van der Waals surface area contributed by atoms with Gasteiger partial charge in [-0.05, 0) is 58.7 Å². The van der Waals surface area contributed by atoms with Gasteiger partial charge in [0.15, 0.2) is 0 Å². The zero-order valence-corrected chi connectivity index (χ0v) is 14.3. The number of hydrogen-bond acceptors (Lipinski definition) is 2. The zero-order valence-electron chi connectivity index (χ0n) is 11.2. The molecule has 0 bridgehead atoms. The number of nitrogens with one attached hydrogen (secondary N) is 2. The van der Waals surface area contributed by atoms with Crippen molar-refractivity contribution < 1.29 is 4.79 Å². The van der Waals surface area contributed by atoms with E-state index >= 15 is 0 Å². The Kier molecular flexibility index (Phi) is 5.51. The van der Waals surface area contributed by atoms with Crippen LogP contribution in [0.25, 0.3) is 0 Å². The summed E-state index contributed by atoms with van der Waals surface area (Å²) in [5.74, 6) is -0.148. The normalized spacial score (nSPS) is 10.3. The largest absolute Gasteiger partial charge is 0.376 e. The van der Waals surface area contributed by atoms with Crippen LogP contribution in [0.3, 0.4) is 0 Å². The van der Waals surface area contributed by atoms with Crippen LogP contribution in [0.1, 0.15) is 5.56 Å². The third-order valence-corrected chi connectivity index (χ3v) is 4.17. The summed E-state index contributed by atoms with van der Waals surface area (Å²) in [5.41, 5.74) is 2.60. The van der Waals surface area contributed by atoms with Gasteiger partial charge < -0.3 is 10.6 Å². The van der Waals surface area contributed by atoms with Crippen LogP contribution in [0, 0.1) is 6.92 Å². The number of anilines is 2. The molecule has 6 heteroatoms. The molecule has 0 aliphatic carbocycles. The number of aryl methyl sites for hydroxylation is 1. The maximum atomic E-state index is 11.9. The lowest BCUT2D eigenvalue weighted by Gasteiger charge is -2.10. The molecule has 2 rings (SSSR count). The van der Waals surface area contributed by atoms with Gasteiger partial charge in [0.2, 0.25) is 5.91 Å². The second kappa shape index (κ2) is 7.16. The fraction of sp³-hybridized carbons (Fsp3) is 0.133. The van der Waals surface area contributed by atoms with Crippen LogP contribution in [0.4, 0.5) is 11.4 Å². The van der Waals surface area contributed by atoms with E-state index in [-0.39, 0.29) is 12.5 Å².